The number of rotatable bonds is 2. The van der Waals surface area contributed by atoms with Crippen LogP contribution in [-0.4, -0.2) is 5.11 Å². The number of phenolic OH excluding ortho intramolecular Hbond substituents is 1. The van der Waals surface area contributed by atoms with E-state index in [1.807, 2.05) is 37.3 Å². The van der Waals surface area contributed by atoms with Crippen LogP contribution in [0.25, 0.3) is 0 Å². The molecule has 4 heteroatoms. The quantitative estimate of drug-likeness (QED) is 0.596. The Morgan fingerprint density at radius 3 is 2.35 bits per heavy atom. The van der Waals surface area contributed by atoms with Crippen LogP contribution in [0.1, 0.15) is 5.56 Å². The standard InChI is InChI=1S/C13H12N2OS/c1-9-5-6-11(8-13(9)16)15-14-10-3-2-4-12(17)7-10/h2-8,16-17H,1H3. The molecule has 1 N–H and O–H groups in total. The monoisotopic (exact) mass is 244 g/mol. The van der Waals surface area contributed by atoms with Crippen LogP contribution in [0.3, 0.4) is 0 Å². The number of nitrogens with zero attached hydrogens (tertiary/aromatic N) is 2. The van der Waals surface area contributed by atoms with E-state index in [4.69, 9.17) is 0 Å². The molecular formula is C13H12N2OS. The van der Waals surface area contributed by atoms with Gasteiger partial charge in [-0.3, -0.25) is 0 Å². The van der Waals surface area contributed by atoms with Gasteiger partial charge in [-0.1, -0.05) is 12.1 Å². The minimum atomic E-state index is 0.226. The number of hydrogen-bond acceptors (Lipinski definition) is 4. The van der Waals surface area contributed by atoms with E-state index in [0.29, 0.717) is 5.69 Å². The zero-order chi connectivity index (χ0) is 12.3. The maximum Gasteiger partial charge on any atom is 0.120 e. The predicted molar refractivity (Wildman–Crippen MR) is 70.7 cm³/mol. The summed E-state index contributed by atoms with van der Waals surface area (Å²) in [6.45, 7) is 1.83. The molecule has 0 atom stereocenters. The average molecular weight is 244 g/mol. The van der Waals surface area contributed by atoms with Crippen molar-refractivity contribution in [1.82, 2.24) is 0 Å². The summed E-state index contributed by atoms with van der Waals surface area (Å²) in [5, 5.41) is 17.7. The molecule has 2 aromatic rings. The van der Waals surface area contributed by atoms with Gasteiger partial charge in [0.15, 0.2) is 0 Å². The van der Waals surface area contributed by atoms with E-state index < -0.39 is 0 Å². The Morgan fingerprint density at radius 2 is 1.71 bits per heavy atom. The molecule has 0 saturated carbocycles. The molecule has 0 spiro atoms. The molecule has 0 saturated heterocycles. The van der Waals surface area contributed by atoms with Gasteiger partial charge in [0.25, 0.3) is 0 Å². The summed E-state index contributed by atoms with van der Waals surface area (Å²) in [4.78, 5) is 0.841. The van der Waals surface area contributed by atoms with Gasteiger partial charge in [0.2, 0.25) is 0 Å². The number of benzene rings is 2. The van der Waals surface area contributed by atoms with Gasteiger partial charge >= 0.3 is 0 Å². The highest BCUT2D eigenvalue weighted by molar-refractivity contribution is 7.80. The number of phenols is 1. The SMILES string of the molecule is Cc1ccc(N=Nc2cccc(S)c2)cc1O. The van der Waals surface area contributed by atoms with Crippen molar-refractivity contribution in [1.29, 1.82) is 0 Å². The Labute approximate surface area is 105 Å². The van der Waals surface area contributed by atoms with Crippen LogP contribution in [0.4, 0.5) is 11.4 Å². The van der Waals surface area contributed by atoms with Gasteiger partial charge in [0, 0.05) is 11.0 Å². The fourth-order valence-corrected chi connectivity index (χ4v) is 1.55. The molecule has 0 radical (unpaired) electrons. The predicted octanol–water partition coefficient (Wildman–Crippen LogP) is 4.40. The van der Waals surface area contributed by atoms with Crippen molar-refractivity contribution >= 4 is 24.0 Å². The summed E-state index contributed by atoms with van der Waals surface area (Å²) in [5.41, 5.74) is 2.18. The summed E-state index contributed by atoms with van der Waals surface area (Å²) in [7, 11) is 0. The zero-order valence-electron chi connectivity index (χ0n) is 9.33. The first-order valence-corrected chi connectivity index (χ1v) is 5.60. The van der Waals surface area contributed by atoms with E-state index in [0.717, 1.165) is 16.1 Å². The molecule has 0 aliphatic carbocycles. The fourth-order valence-electron chi connectivity index (χ4n) is 1.33. The molecule has 0 aliphatic rings. The van der Waals surface area contributed by atoms with E-state index in [1.54, 1.807) is 12.1 Å². The number of aromatic hydroxyl groups is 1. The first kappa shape index (κ1) is 11.7. The Morgan fingerprint density at radius 1 is 1.00 bits per heavy atom. The molecule has 17 heavy (non-hydrogen) atoms. The lowest BCUT2D eigenvalue weighted by Gasteiger charge is -1.98. The van der Waals surface area contributed by atoms with Crippen LogP contribution >= 0.6 is 12.6 Å². The number of azo groups is 1. The van der Waals surface area contributed by atoms with Crippen molar-refractivity contribution in [3.63, 3.8) is 0 Å². The highest BCUT2D eigenvalue weighted by atomic mass is 32.1. The van der Waals surface area contributed by atoms with Gasteiger partial charge < -0.3 is 5.11 Å². The highest BCUT2D eigenvalue weighted by Crippen LogP contribution is 2.25. The first-order valence-electron chi connectivity index (χ1n) is 5.15. The Balaban J connectivity index is 2.23. The molecule has 0 bridgehead atoms. The van der Waals surface area contributed by atoms with Crippen molar-refractivity contribution in [3.8, 4) is 5.75 Å². The third-order valence-corrected chi connectivity index (χ3v) is 2.58. The van der Waals surface area contributed by atoms with Crippen LogP contribution in [-0.2, 0) is 0 Å². The van der Waals surface area contributed by atoms with Gasteiger partial charge in [-0.15, -0.1) is 12.6 Å². The van der Waals surface area contributed by atoms with Gasteiger partial charge in [0.05, 0.1) is 11.4 Å². The Bertz CT molecular complexity index is 567. The largest absolute Gasteiger partial charge is 0.508 e. The highest BCUT2D eigenvalue weighted by Gasteiger charge is 1.97. The van der Waals surface area contributed by atoms with Gasteiger partial charge in [-0.05, 0) is 36.8 Å². The third kappa shape index (κ3) is 3.07. The Kier molecular flexibility index (Phi) is 3.44. The molecule has 0 heterocycles. The van der Waals surface area contributed by atoms with Crippen molar-refractivity contribution in [2.45, 2.75) is 11.8 Å². The van der Waals surface area contributed by atoms with Gasteiger partial charge in [-0.2, -0.15) is 10.2 Å². The molecule has 2 rings (SSSR count). The van der Waals surface area contributed by atoms with Crippen LogP contribution in [0.5, 0.6) is 5.75 Å². The maximum atomic E-state index is 9.53. The summed E-state index contributed by atoms with van der Waals surface area (Å²) >= 11 is 4.22. The number of hydrogen-bond donors (Lipinski definition) is 2. The van der Waals surface area contributed by atoms with Gasteiger partial charge in [-0.25, -0.2) is 0 Å². The molecule has 0 aromatic heterocycles. The topological polar surface area (TPSA) is 45.0 Å². The fraction of sp³-hybridized carbons (Fsp3) is 0.0769. The second-order valence-electron chi connectivity index (χ2n) is 3.69. The van der Waals surface area contributed by atoms with E-state index in [1.165, 1.54) is 0 Å². The minimum absolute atomic E-state index is 0.226. The van der Waals surface area contributed by atoms with E-state index >= 15 is 0 Å². The lowest BCUT2D eigenvalue weighted by atomic mass is 10.2. The van der Waals surface area contributed by atoms with E-state index in [-0.39, 0.29) is 5.75 Å². The summed E-state index contributed by atoms with van der Waals surface area (Å²) in [6.07, 6.45) is 0. The summed E-state index contributed by atoms with van der Waals surface area (Å²) in [6, 6.07) is 12.6. The van der Waals surface area contributed by atoms with Crippen LogP contribution in [0.2, 0.25) is 0 Å². The molecule has 0 amide bonds. The summed E-state index contributed by atoms with van der Waals surface area (Å²) in [5.74, 6) is 0.226. The lowest BCUT2D eigenvalue weighted by Crippen LogP contribution is -1.72. The van der Waals surface area contributed by atoms with E-state index in [2.05, 4.69) is 22.9 Å². The second kappa shape index (κ2) is 5.01. The van der Waals surface area contributed by atoms with Crippen LogP contribution in [0, 0.1) is 6.92 Å². The zero-order valence-corrected chi connectivity index (χ0v) is 10.2. The number of aryl methyl sites for hydroxylation is 1. The Hall–Kier alpha value is -1.81. The molecule has 0 unspecified atom stereocenters. The lowest BCUT2D eigenvalue weighted by molar-refractivity contribution is 0.471. The molecule has 0 fully saturated rings. The molecule has 2 aromatic carbocycles. The van der Waals surface area contributed by atoms with Crippen molar-refractivity contribution in [3.05, 3.63) is 48.0 Å². The number of thiol groups is 1. The van der Waals surface area contributed by atoms with Crippen molar-refractivity contribution < 1.29 is 5.11 Å². The average Bonchev–Trinajstić information content (AvgIpc) is 2.31. The minimum Gasteiger partial charge on any atom is -0.508 e. The van der Waals surface area contributed by atoms with E-state index in [9.17, 15) is 5.11 Å². The normalized spacial score (nSPS) is 10.9. The van der Waals surface area contributed by atoms with Crippen LogP contribution in [0.15, 0.2) is 57.6 Å². The molecule has 0 aliphatic heterocycles. The summed E-state index contributed by atoms with van der Waals surface area (Å²) < 4.78 is 0. The first-order chi connectivity index (χ1) is 8.15. The molecule has 86 valence electrons. The van der Waals surface area contributed by atoms with Crippen molar-refractivity contribution in [2.75, 3.05) is 0 Å². The van der Waals surface area contributed by atoms with Gasteiger partial charge in [0.1, 0.15) is 5.75 Å². The maximum absolute atomic E-state index is 9.53. The van der Waals surface area contributed by atoms with Crippen molar-refractivity contribution in [2.24, 2.45) is 10.2 Å². The smallest absolute Gasteiger partial charge is 0.120 e. The third-order valence-electron chi connectivity index (χ3n) is 2.30. The molecular weight excluding hydrogens is 232 g/mol. The second-order valence-corrected chi connectivity index (χ2v) is 4.21. The van der Waals surface area contributed by atoms with Crippen LogP contribution < -0.4 is 0 Å². The molecule has 3 nitrogen and oxygen atoms in total.